The van der Waals surface area contributed by atoms with E-state index in [0.29, 0.717) is 18.0 Å². The van der Waals surface area contributed by atoms with Crippen molar-refractivity contribution in [2.45, 2.75) is 41.0 Å². The van der Waals surface area contributed by atoms with E-state index in [4.69, 9.17) is 18.0 Å². The maximum atomic E-state index is 12.4. The van der Waals surface area contributed by atoms with Gasteiger partial charge in [0.05, 0.1) is 4.99 Å². The SMILES string of the molecule is CCN(CCC(N)=S)C(=O)C1C(C)(C)C1(C)C. The Labute approximate surface area is 110 Å². The third-order valence-electron chi connectivity index (χ3n) is 4.59. The number of carbonyl (C=O) groups excluding carboxylic acids is 1. The Morgan fingerprint density at radius 2 is 1.76 bits per heavy atom. The molecule has 1 aliphatic rings. The van der Waals surface area contributed by atoms with Crippen LogP contribution in [-0.4, -0.2) is 28.9 Å². The third-order valence-corrected chi connectivity index (χ3v) is 4.79. The highest BCUT2D eigenvalue weighted by Crippen LogP contribution is 2.68. The maximum Gasteiger partial charge on any atom is 0.226 e. The molecule has 1 saturated carbocycles. The van der Waals surface area contributed by atoms with Crippen LogP contribution in [0.15, 0.2) is 0 Å². The highest BCUT2D eigenvalue weighted by molar-refractivity contribution is 7.80. The largest absolute Gasteiger partial charge is 0.393 e. The van der Waals surface area contributed by atoms with Gasteiger partial charge in [0.15, 0.2) is 0 Å². The lowest BCUT2D eigenvalue weighted by molar-refractivity contribution is -0.133. The Morgan fingerprint density at radius 3 is 2.06 bits per heavy atom. The Hall–Kier alpha value is -0.640. The van der Waals surface area contributed by atoms with Gasteiger partial charge in [-0.25, -0.2) is 0 Å². The molecule has 2 N–H and O–H groups in total. The van der Waals surface area contributed by atoms with Crippen LogP contribution < -0.4 is 5.73 Å². The molecule has 0 bridgehead atoms. The van der Waals surface area contributed by atoms with Gasteiger partial charge in [-0.05, 0) is 17.8 Å². The van der Waals surface area contributed by atoms with E-state index in [2.05, 4.69) is 27.7 Å². The lowest BCUT2D eigenvalue weighted by Crippen LogP contribution is -2.36. The van der Waals surface area contributed by atoms with Gasteiger partial charge < -0.3 is 10.6 Å². The zero-order valence-electron chi connectivity index (χ0n) is 11.5. The first-order valence-corrected chi connectivity index (χ1v) is 6.64. The molecule has 1 aliphatic carbocycles. The normalized spacial score (nSPS) is 21.0. The van der Waals surface area contributed by atoms with Gasteiger partial charge in [-0.1, -0.05) is 39.9 Å². The van der Waals surface area contributed by atoms with Crippen LogP contribution in [0.5, 0.6) is 0 Å². The van der Waals surface area contributed by atoms with Gasteiger partial charge in [0.1, 0.15) is 0 Å². The summed E-state index contributed by atoms with van der Waals surface area (Å²) >= 11 is 4.86. The van der Waals surface area contributed by atoms with Crippen LogP contribution in [0.1, 0.15) is 41.0 Å². The minimum absolute atomic E-state index is 0.0979. The second-order valence-corrected chi connectivity index (χ2v) is 6.53. The Kier molecular flexibility index (Phi) is 3.87. The fourth-order valence-electron chi connectivity index (χ4n) is 2.67. The number of carbonyl (C=O) groups is 1. The number of hydrogen-bond donors (Lipinski definition) is 1. The summed E-state index contributed by atoms with van der Waals surface area (Å²) in [6.07, 6.45) is 0.614. The molecule has 1 rings (SSSR count). The average Bonchev–Trinajstić information content (AvgIpc) is 2.57. The molecule has 0 atom stereocenters. The number of hydrogen-bond acceptors (Lipinski definition) is 2. The molecule has 17 heavy (non-hydrogen) atoms. The number of thiocarbonyl (C=S) groups is 1. The van der Waals surface area contributed by atoms with Crippen molar-refractivity contribution in [1.29, 1.82) is 0 Å². The molecule has 0 spiro atoms. The summed E-state index contributed by atoms with van der Waals surface area (Å²) in [5.74, 6) is 0.375. The number of nitrogens with two attached hydrogens (primary N) is 1. The average molecular weight is 256 g/mol. The first kappa shape index (κ1) is 14.4. The molecule has 0 aliphatic heterocycles. The summed E-state index contributed by atoms with van der Waals surface area (Å²) < 4.78 is 0. The van der Waals surface area contributed by atoms with Gasteiger partial charge in [-0.2, -0.15) is 0 Å². The zero-order valence-corrected chi connectivity index (χ0v) is 12.4. The summed E-state index contributed by atoms with van der Waals surface area (Å²) in [4.78, 5) is 14.8. The first-order valence-electron chi connectivity index (χ1n) is 6.23. The minimum Gasteiger partial charge on any atom is -0.393 e. The zero-order chi connectivity index (χ0) is 13.4. The van der Waals surface area contributed by atoms with Crippen molar-refractivity contribution in [2.75, 3.05) is 13.1 Å². The summed E-state index contributed by atoms with van der Waals surface area (Å²) in [5.41, 5.74) is 5.68. The van der Waals surface area contributed by atoms with Crippen molar-refractivity contribution in [1.82, 2.24) is 4.90 Å². The molecule has 1 fully saturated rings. The maximum absolute atomic E-state index is 12.4. The van der Waals surface area contributed by atoms with Gasteiger partial charge in [0, 0.05) is 25.4 Å². The predicted octanol–water partition coefficient (Wildman–Crippen LogP) is 2.19. The fraction of sp³-hybridized carbons (Fsp3) is 0.846. The summed E-state index contributed by atoms with van der Waals surface area (Å²) in [6, 6.07) is 0. The molecular formula is C13H24N2OS. The molecule has 0 saturated heterocycles. The van der Waals surface area contributed by atoms with Crippen LogP contribution in [0.2, 0.25) is 0 Å². The predicted molar refractivity (Wildman–Crippen MR) is 74.7 cm³/mol. The van der Waals surface area contributed by atoms with E-state index in [1.54, 1.807) is 0 Å². The highest BCUT2D eigenvalue weighted by Gasteiger charge is 2.68. The number of rotatable bonds is 5. The summed E-state index contributed by atoms with van der Waals surface area (Å²) in [5, 5.41) is 0. The Bertz CT molecular complexity index is 322. The van der Waals surface area contributed by atoms with Crippen molar-refractivity contribution in [2.24, 2.45) is 22.5 Å². The quantitative estimate of drug-likeness (QED) is 0.767. The molecule has 3 nitrogen and oxygen atoms in total. The van der Waals surface area contributed by atoms with E-state index in [-0.39, 0.29) is 22.7 Å². The van der Waals surface area contributed by atoms with Crippen LogP contribution >= 0.6 is 12.2 Å². The number of nitrogens with zero attached hydrogens (tertiary/aromatic N) is 1. The molecule has 0 unspecified atom stereocenters. The lowest BCUT2D eigenvalue weighted by atomic mass is 10.0. The van der Waals surface area contributed by atoms with E-state index in [1.807, 2.05) is 11.8 Å². The van der Waals surface area contributed by atoms with Crippen LogP contribution in [-0.2, 0) is 4.79 Å². The van der Waals surface area contributed by atoms with Gasteiger partial charge in [0.2, 0.25) is 5.91 Å². The molecule has 4 heteroatoms. The van der Waals surface area contributed by atoms with Crippen LogP contribution in [0.4, 0.5) is 0 Å². The second-order valence-electron chi connectivity index (χ2n) is 6.01. The molecule has 0 aromatic heterocycles. The van der Waals surface area contributed by atoms with E-state index >= 15 is 0 Å². The number of amides is 1. The Morgan fingerprint density at radius 1 is 1.29 bits per heavy atom. The minimum atomic E-state index is 0.0979. The second kappa shape index (κ2) is 4.56. The molecule has 0 radical (unpaired) electrons. The topological polar surface area (TPSA) is 46.3 Å². The molecular weight excluding hydrogens is 232 g/mol. The van der Waals surface area contributed by atoms with Crippen molar-refractivity contribution in [3.05, 3.63) is 0 Å². The van der Waals surface area contributed by atoms with Gasteiger partial charge in [-0.3, -0.25) is 4.79 Å². The molecule has 98 valence electrons. The Balaban J connectivity index is 2.66. The van der Waals surface area contributed by atoms with Crippen molar-refractivity contribution < 1.29 is 4.79 Å². The lowest BCUT2D eigenvalue weighted by Gasteiger charge is -2.21. The van der Waals surface area contributed by atoms with Crippen molar-refractivity contribution in [3.63, 3.8) is 0 Å². The first-order chi connectivity index (χ1) is 7.66. The van der Waals surface area contributed by atoms with E-state index in [9.17, 15) is 4.79 Å². The summed E-state index contributed by atoms with van der Waals surface area (Å²) in [6.45, 7) is 12.0. The van der Waals surface area contributed by atoms with Crippen LogP contribution in [0.25, 0.3) is 0 Å². The van der Waals surface area contributed by atoms with E-state index < -0.39 is 0 Å². The molecule has 1 amide bonds. The van der Waals surface area contributed by atoms with Gasteiger partial charge in [-0.15, -0.1) is 0 Å². The molecule has 0 heterocycles. The van der Waals surface area contributed by atoms with Crippen LogP contribution in [0, 0.1) is 16.7 Å². The van der Waals surface area contributed by atoms with Gasteiger partial charge in [0.25, 0.3) is 0 Å². The third kappa shape index (κ3) is 2.46. The molecule has 0 aromatic carbocycles. The van der Waals surface area contributed by atoms with Crippen molar-refractivity contribution in [3.8, 4) is 0 Å². The van der Waals surface area contributed by atoms with E-state index in [1.165, 1.54) is 0 Å². The van der Waals surface area contributed by atoms with E-state index in [0.717, 1.165) is 6.54 Å². The van der Waals surface area contributed by atoms with Crippen molar-refractivity contribution >= 4 is 23.1 Å². The molecule has 0 aromatic rings. The van der Waals surface area contributed by atoms with Gasteiger partial charge >= 0.3 is 0 Å². The monoisotopic (exact) mass is 256 g/mol. The fourth-order valence-corrected chi connectivity index (χ4v) is 2.76. The standard InChI is InChI=1S/C13H24N2OS/c1-6-15(8-7-9(14)17)11(16)10-12(2,3)13(10,4)5/h10H,6-8H2,1-5H3,(H2,14,17). The van der Waals surface area contributed by atoms with Crippen LogP contribution in [0.3, 0.4) is 0 Å². The summed E-state index contributed by atoms with van der Waals surface area (Å²) in [7, 11) is 0. The highest BCUT2D eigenvalue weighted by atomic mass is 32.1. The smallest absolute Gasteiger partial charge is 0.226 e.